The summed E-state index contributed by atoms with van der Waals surface area (Å²) < 4.78 is 4.57. The topological polar surface area (TPSA) is 26.3 Å². The van der Waals surface area contributed by atoms with Gasteiger partial charge in [-0.15, -0.1) is 6.42 Å². The molecule has 0 aromatic rings. The van der Waals surface area contributed by atoms with Gasteiger partial charge < -0.3 is 4.74 Å². The molecular weight excluding hydrogens is 140 g/mol. The number of methoxy groups -OCH3 is 1. The first kappa shape index (κ1) is 10.0. The summed E-state index contributed by atoms with van der Waals surface area (Å²) in [6, 6.07) is 0. The van der Waals surface area contributed by atoms with E-state index >= 15 is 0 Å². The summed E-state index contributed by atoms with van der Waals surface area (Å²) in [4.78, 5) is 11.0. The highest BCUT2D eigenvalue weighted by Crippen LogP contribution is 2.25. The van der Waals surface area contributed by atoms with Crippen LogP contribution in [0.1, 0.15) is 20.8 Å². The lowest BCUT2D eigenvalue weighted by Gasteiger charge is -2.23. The van der Waals surface area contributed by atoms with Crippen LogP contribution in [0, 0.1) is 23.7 Å². The number of hydrogen-bond acceptors (Lipinski definition) is 2. The van der Waals surface area contributed by atoms with Gasteiger partial charge in [0.15, 0.2) is 0 Å². The van der Waals surface area contributed by atoms with Crippen LogP contribution >= 0.6 is 0 Å². The zero-order chi connectivity index (χ0) is 9.07. The third kappa shape index (κ3) is 2.27. The molecule has 0 saturated carbocycles. The standard InChI is InChI=1S/C9H14O2/c1-6-9(3,4)7(2)8(10)11-5/h1,7H,2-5H3/t7-/m1/s1. The van der Waals surface area contributed by atoms with Crippen LogP contribution in [0.25, 0.3) is 0 Å². The summed E-state index contributed by atoms with van der Waals surface area (Å²) in [5, 5.41) is 0. The molecule has 2 heteroatoms. The maximum Gasteiger partial charge on any atom is 0.309 e. The molecule has 0 heterocycles. The van der Waals surface area contributed by atoms with Crippen molar-refractivity contribution in [3.63, 3.8) is 0 Å². The molecule has 0 aliphatic rings. The molecular formula is C9H14O2. The van der Waals surface area contributed by atoms with E-state index in [2.05, 4.69) is 10.7 Å². The van der Waals surface area contributed by atoms with Gasteiger partial charge in [0.25, 0.3) is 0 Å². The second-order valence-electron chi connectivity index (χ2n) is 3.11. The molecule has 0 spiro atoms. The van der Waals surface area contributed by atoms with Crippen LogP contribution in [0.2, 0.25) is 0 Å². The predicted octanol–water partition coefficient (Wildman–Crippen LogP) is 1.45. The second kappa shape index (κ2) is 3.43. The Morgan fingerprint density at radius 3 is 2.36 bits per heavy atom. The van der Waals surface area contributed by atoms with Gasteiger partial charge in [-0.2, -0.15) is 0 Å². The molecule has 2 nitrogen and oxygen atoms in total. The van der Waals surface area contributed by atoms with E-state index in [0.717, 1.165) is 0 Å². The molecule has 0 aliphatic heterocycles. The Balaban J connectivity index is 4.38. The van der Waals surface area contributed by atoms with E-state index in [1.54, 1.807) is 6.92 Å². The van der Waals surface area contributed by atoms with Gasteiger partial charge in [-0.1, -0.05) is 12.8 Å². The maximum absolute atomic E-state index is 11.0. The Bertz CT molecular complexity index is 186. The fourth-order valence-electron chi connectivity index (χ4n) is 0.596. The summed E-state index contributed by atoms with van der Waals surface area (Å²) in [7, 11) is 1.37. The van der Waals surface area contributed by atoms with Gasteiger partial charge in [0.05, 0.1) is 13.0 Å². The first-order valence-corrected chi connectivity index (χ1v) is 3.51. The predicted molar refractivity (Wildman–Crippen MR) is 43.8 cm³/mol. The van der Waals surface area contributed by atoms with E-state index < -0.39 is 5.41 Å². The monoisotopic (exact) mass is 154 g/mol. The number of esters is 1. The van der Waals surface area contributed by atoms with Crippen LogP contribution in [-0.4, -0.2) is 13.1 Å². The highest BCUT2D eigenvalue weighted by Gasteiger charge is 2.29. The Hall–Kier alpha value is -0.970. The average molecular weight is 154 g/mol. The molecule has 0 saturated heterocycles. The van der Waals surface area contributed by atoms with Crippen LogP contribution in [-0.2, 0) is 9.53 Å². The van der Waals surface area contributed by atoms with E-state index in [1.165, 1.54) is 7.11 Å². The largest absolute Gasteiger partial charge is 0.469 e. The Morgan fingerprint density at radius 2 is 2.09 bits per heavy atom. The molecule has 0 aromatic carbocycles. The number of rotatable bonds is 2. The molecule has 0 amide bonds. The summed E-state index contributed by atoms with van der Waals surface area (Å²) in [6.07, 6.45) is 5.24. The van der Waals surface area contributed by atoms with Crippen molar-refractivity contribution in [2.45, 2.75) is 20.8 Å². The van der Waals surface area contributed by atoms with Crippen LogP contribution in [0.15, 0.2) is 0 Å². The zero-order valence-corrected chi connectivity index (χ0v) is 7.47. The minimum atomic E-state index is -0.424. The van der Waals surface area contributed by atoms with Gasteiger partial charge in [0.2, 0.25) is 0 Å². The van der Waals surface area contributed by atoms with E-state index in [9.17, 15) is 4.79 Å². The van der Waals surface area contributed by atoms with Crippen molar-refractivity contribution in [1.82, 2.24) is 0 Å². The quantitative estimate of drug-likeness (QED) is 0.444. The fraction of sp³-hybridized carbons (Fsp3) is 0.667. The lowest BCUT2D eigenvalue weighted by molar-refractivity contribution is -0.147. The van der Waals surface area contributed by atoms with Crippen molar-refractivity contribution in [2.75, 3.05) is 7.11 Å². The molecule has 0 rings (SSSR count). The van der Waals surface area contributed by atoms with Crippen LogP contribution in [0.3, 0.4) is 0 Å². The maximum atomic E-state index is 11.0. The van der Waals surface area contributed by atoms with Gasteiger partial charge in [-0.25, -0.2) is 0 Å². The average Bonchev–Trinajstić information content (AvgIpc) is 2.01. The van der Waals surface area contributed by atoms with E-state index in [1.807, 2.05) is 13.8 Å². The summed E-state index contributed by atoms with van der Waals surface area (Å²) in [5.41, 5.74) is -0.424. The van der Waals surface area contributed by atoms with Crippen molar-refractivity contribution in [3.8, 4) is 12.3 Å². The first-order valence-electron chi connectivity index (χ1n) is 3.51. The van der Waals surface area contributed by atoms with E-state index in [4.69, 9.17) is 6.42 Å². The molecule has 62 valence electrons. The van der Waals surface area contributed by atoms with Crippen molar-refractivity contribution in [3.05, 3.63) is 0 Å². The number of carbonyl (C=O) groups excluding carboxylic acids is 1. The molecule has 0 radical (unpaired) electrons. The van der Waals surface area contributed by atoms with Crippen molar-refractivity contribution in [1.29, 1.82) is 0 Å². The number of hydrogen-bond donors (Lipinski definition) is 0. The van der Waals surface area contributed by atoms with Crippen molar-refractivity contribution in [2.24, 2.45) is 11.3 Å². The lowest BCUT2D eigenvalue weighted by atomic mass is 9.81. The van der Waals surface area contributed by atoms with Crippen molar-refractivity contribution >= 4 is 5.97 Å². The number of ether oxygens (including phenoxy) is 1. The van der Waals surface area contributed by atoms with Gasteiger partial charge in [0, 0.05) is 5.41 Å². The Morgan fingerprint density at radius 1 is 1.64 bits per heavy atom. The van der Waals surface area contributed by atoms with Crippen LogP contribution in [0.4, 0.5) is 0 Å². The molecule has 0 N–H and O–H groups in total. The zero-order valence-electron chi connectivity index (χ0n) is 7.47. The minimum absolute atomic E-state index is 0.252. The number of carbonyl (C=O) groups is 1. The Kier molecular flexibility index (Phi) is 3.13. The van der Waals surface area contributed by atoms with Gasteiger partial charge in [-0.3, -0.25) is 4.79 Å². The van der Waals surface area contributed by atoms with Crippen molar-refractivity contribution < 1.29 is 9.53 Å². The highest BCUT2D eigenvalue weighted by molar-refractivity contribution is 5.73. The molecule has 1 atom stereocenters. The molecule has 11 heavy (non-hydrogen) atoms. The van der Waals surface area contributed by atoms with Crippen LogP contribution in [0.5, 0.6) is 0 Å². The molecule has 0 bridgehead atoms. The summed E-state index contributed by atoms with van der Waals surface area (Å²) in [5.74, 6) is 2.05. The minimum Gasteiger partial charge on any atom is -0.469 e. The van der Waals surface area contributed by atoms with Gasteiger partial charge in [0.1, 0.15) is 0 Å². The van der Waals surface area contributed by atoms with E-state index in [0.29, 0.717) is 0 Å². The molecule has 0 unspecified atom stereocenters. The second-order valence-corrected chi connectivity index (χ2v) is 3.11. The third-order valence-electron chi connectivity index (χ3n) is 2.01. The first-order chi connectivity index (χ1) is 4.95. The van der Waals surface area contributed by atoms with Crippen LogP contribution < -0.4 is 0 Å². The lowest BCUT2D eigenvalue weighted by Crippen LogP contribution is -2.28. The molecule has 0 aliphatic carbocycles. The Labute approximate surface area is 67.9 Å². The smallest absolute Gasteiger partial charge is 0.309 e. The van der Waals surface area contributed by atoms with Gasteiger partial charge in [-0.05, 0) is 13.8 Å². The molecule has 0 fully saturated rings. The third-order valence-corrected chi connectivity index (χ3v) is 2.01. The highest BCUT2D eigenvalue weighted by atomic mass is 16.5. The summed E-state index contributed by atoms with van der Waals surface area (Å²) in [6.45, 7) is 5.45. The summed E-state index contributed by atoms with van der Waals surface area (Å²) >= 11 is 0. The number of terminal acetylenes is 1. The van der Waals surface area contributed by atoms with E-state index in [-0.39, 0.29) is 11.9 Å². The normalized spacial score (nSPS) is 13.4. The molecule has 0 aromatic heterocycles. The van der Waals surface area contributed by atoms with Gasteiger partial charge >= 0.3 is 5.97 Å². The fourth-order valence-corrected chi connectivity index (χ4v) is 0.596. The SMILES string of the molecule is C#CC(C)(C)[C@H](C)C(=O)OC.